The van der Waals surface area contributed by atoms with Gasteiger partial charge in [0, 0.05) is 32.7 Å². The summed E-state index contributed by atoms with van der Waals surface area (Å²) in [6, 6.07) is 0.266. The Labute approximate surface area is 112 Å². The predicted octanol–water partition coefficient (Wildman–Crippen LogP) is -1.03. The molecule has 0 spiro atoms. The molecule has 1 aliphatic rings. The van der Waals surface area contributed by atoms with Crippen LogP contribution in [0.2, 0.25) is 0 Å². The van der Waals surface area contributed by atoms with Crippen LogP contribution in [0.1, 0.15) is 6.92 Å². The quantitative estimate of drug-likeness (QED) is 0.699. The van der Waals surface area contributed by atoms with Crippen molar-refractivity contribution in [3.8, 4) is 6.01 Å². The summed E-state index contributed by atoms with van der Waals surface area (Å²) in [6.45, 7) is 6.60. The number of anilines is 2. The molecule has 0 atom stereocenters. The lowest BCUT2D eigenvalue weighted by atomic mass is 10.3. The van der Waals surface area contributed by atoms with E-state index < -0.39 is 0 Å². The van der Waals surface area contributed by atoms with Crippen molar-refractivity contribution in [2.75, 3.05) is 56.6 Å². The topological polar surface area (TPSA) is 101 Å². The van der Waals surface area contributed by atoms with Crippen molar-refractivity contribution in [3.63, 3.8) is 0 Å². The molecular weight excluding hydrogens is 248 g/mol. The van der Waals surface area contributed by atoms with Gasteiger partial charge in [0.15, 0.2) is 0 Å². The molecule has 1 aromatic rings. The van der Waals surface area contributed by atoms with Crippen molar-refractivity contribution in [1.82, 2.24) is 19.9 Å². The van der Waals surface area contributed by atoms with Crippen molar-refractivity contribution in [2.45, 2.75) is 6.92 Å². The summed E-state index contributed by atoms with van der Waals surface area (Å²) in [5, 5.41) is 8.91. The Morgan fingerprint density at radius 1 is 1.21 bits per heavy atom. The highest BCUT2D eigenvalue weighted by atomic mass is 16.5. The first-order chi connectivity index (χ1) is 9.22. The van der Waals surface area contributed by atoms with Crippen LogP contribution in [0.4, 0.5) is 11.9 Å². The molecule has 2 heterocycles. The fourth-order valence-corrected chi connectivity index (χ4v) is 2.01. The fourth-order valence-electron chi connectivity index (χ4n) is 2.01. The summed E-state index contributed by atoms with van der Waals surface area (Å²) in [5.41, 5.74) is 5.66. The number of nitrogen functional groups attached to an aromatic ring is 1. The van der Waals surface area contributed by atoms with Gasteiger partial charge in [0.05, 0.1) is 13.2 Å². The Bertz CT molecular complexity index is 408. The molecule has 0 bridgehead atoms. The maximum atomic E-state index is 8.91. The molecule has 1 aliphatic heterocycles. The van der Waals surface area contributed by atoms with Crippen LogP contribution in [0.15, 0.2) is 0 Å². The molecule has 1 fully saturated rings. The van der Waals surface area contributed by atoms with Gasteiger partial charge in [0.25, 0.3) is 0 Å². The van der Waals surface area contributed by atoms with Gasteiger partial charge in [-0.2, -0.15) is 15.0 Å². The van der Waals surface area contributed by atoms with Gasteiger partial charge in [-0.3, -0.25) is 4.90 Å². The molecule has 0 aliphatic carbocycles. The molecule has 3 N–H and O–H groups in total. The monoisotopic (exact) mass is 268 g/mol. The van der Waals surface area contributed by atoms with Crippen LogP contribution < -0.4 is 15.4 Å². The molecule has 2 rings (SSSR count). The minimum atomic E-state index is 0.172. The molecule has 8 nitrogen and oxygen atoms in total. The number of nitrogens with two attached hydrogens (primary N) is 1. The maximum absolute atomic E-state index is 8.91. The lowest BCUT2D eigenvalue weighted by Gasteiger charge is -2.34. The van der Waals surface area contributed by atoms with E-state index >= 15 is 0 Å². The van der Waals surface area contributed by atoms with Gasteiger partial charge in [0.2, 0.25) is 11.9 Å². The van der Waals surface area contributed by atoms with E-state index in [1.807, 2.05) is 6.92 Å². The maximum Gasteiger partial charge on any atom is 0.323 e. The zero-order valence-corrected chi connectivity index (χ0v) is 11.1. The Kier molecular flexibility index (Phi) is 4.69. The Morgan fingerprint density at radius 2 is 1.95 bits per heavy atom. The smallest absolute Gasteiger partial charge is 0.323 e. The number of hydrogen-bond acceptors (Lipinski definition) is 8. The predicted molar refractivity (Wildman–Crippen MR) is 71.1 cm³/mol. The standard InChI is InChI=1S/C11H20N6O2/c1-2-19-11-14-9(12)13-10(15-11)17-5-3-16(4-6-17)7-8-18/h18H,2-8H2,1H3,(H2,12,13,14,15). The number of piperazine rings is 1. The number of nitrogens with zero attached hydrogens (tertiary/aromatic N) is 5. The summed E-state index contributed by atoms with van der Waals surface area (Å²) >= 11 is 0. The molecule has 106 valence electrons. The zero-order chi connectivity index (χ0) is 13.7. The lowest BCUT2D eigenvalue weighted by molar-refractivity contribution is 0.188. The van der Waals surface area contributed by atoms with Gasteiger partial charge in [-0.25, -0.2) is 0 Å². The summed E-state index contributed by atoms with van der Waals surface area (Å²) < 4.78 is 5.27. The average Bonchev–Trinajstić information content (AvgIpc) is 2.40. The normalized spacial score (nSPS) is 16.6. The van der Waals surface area contributed by atoms with Crippen LogP contribution in [0, 0.1) is 0 Å². The SMILES string of the molecule is CCOc1nc(N)nc(N2CCN(CCO)CC2)n1. The third-order valence-corrected chi connectivity index (χ3v) is 2.97. The molecule has 0 unspecified atom stereocenters. The Balaban J connectivity index is 2.02. The summed E-state index contributed by atoms with van der Waals surface area (Å²) in [4.78, 5) is 16.6. The second-order valence-corrected chi connectivity index (χ2v) is 4.26. The summed E-state index contributed by atoms with van der Waals surface area (Å²) in [5.74, 6) is 0.728. The molecule has 8 heteroatoms. The van der Waals surface area contributed by atoms with Crippen LogP contribution in [-0.4, -0.2) is 70.9 Å². The minimum Gasteiger partial charge on any atom is -0.464 e. The van der Waals surface area contributed by atoms with E-state index in [4.69, 9.17) is 15.6 Å². The first-order valence-corrected chi connectivity index (χ1v) is 6.45. The highest BCUT2D eigenvalue weighted by Crippen LogP contribution is 2.15. The molecule has 1 saturated heterocycles. The summed E-state index contributed by atoms with van der Waals surface area (Å²) in [6.07, 6.45) is 0. The van der Waals surface area contributed by atoms with E-state index in [1.54, 1.807) is 0 Å². The van der Waals surface area contributed by atoms with Crippen LogP contribution >= 0.6 is 0 Å². The van der Waals surface area contributed by atoms with Crippen molar-refractivity contribution >= 4 is 11.9 Å². The molecule has 1 aromatic heterocycles. The number of aliphatic hydroxyl groups excluding tert-OH is 1. The third kappa shape index (κ3) is 3.65. The van der Waals surface area contributed by atoms with E-state index in [9.17, 15) is 0 Å². The van der Waals surface area contributed by atoms with E-state index in [-0.39, 0.29) is 18.6 Å². The van der Waals surface area contributed by atoms with Gasteiger partial charge in [-0.05, 0) is 6.92 Å². The van der Waals surface area contributed by atoms with E-state index in [0.717, 1.165) is 26.2 Å². The van der Waals surface area contributed by atoms with Gasteiger partial charge in [-0.1, -0.05) is 0 Å². The lowest BCUT2D eigenvalue weighted by Crippen LogP contribution is -2.47. The molecule has 0 amide bonds. The molecular formula is C11H20N6O2. The highest BCUT2D eigenvalue weighted by Gasteiger charge is 2.19. The third-order valence-electron chi connectivity index (χ3n) is 2.97. The number of β-amino-alcohol motifs (C(OH)–C–C–N with tert-alkyl or cyclic N) is 1. The second-order valence-electron chi connectivity index (χ2n) is 4.26. The first kappa shape index (κ1) is 13.8. The first-order valence-electron chi connectivity index (χ1n) is 6.45. The summed E-state index contributed by atoms with van der Waals surface area (Å²) in [7, 11) is 0. The van der Waals surface area contributed by atoms with Crippen LogP contribution in [0.5, 0.6) is 6.01 Å². The fraction of sp³-hybridized carbons (Fsp3) is 0.727. The minimum absolute atomic E-state index is 0.172. The van der Waals surface area contributed by atoms with Crippen LogP contribution in [-0.2, 0) is 0 Å². The zero-order valence-electron chi connectivity index (χ0n) is 11.1. The number of ether oxygens (including phenoxy) is 1. The van der Waals surface area contributed by atoms with Crippen molar-refractivity contribution in [2.24, 2.45) is 0 Å². The second kappa shape index (κ2) is 6.48. The van der Waals surface area contributed by atoms with Gasteiger partial charge in [-0.15, -0.1) is 0 Å². The van der Waals surface area contributed by atoms with Crippen molar-refractivity contribution in [3.05, 3.63) is 0 Å². The van der Waals surface area contributed by atoms with Crippen LogP contribution in [0.25, 0.3) is 0 Å². The number of rotatable bonds is 5. The molecule has 0 saturated carbocycles. The largest absolute Gasteiger partial charge is 0.464 e. The number of aromatic nitrogens is 3. The van der Waals surface area contributed by atoms with E-state index in [0.29, 0.717) is 19.1 Å². The van der Waals surface area contributed by atoms with Gasteiger partial charge in [0.1, 0.15) is 0 Å². The van der Waals surface area contributed by atoms with Crippen molar-refractivity contribution < 1.29 is 9.84 Å². The Morgan fingerprint density at radius 3 is 2.58 bits per heavy atom. The van der Waals surface area contributed by atoms with Crippen LogP contribution in [0.3, 0.4) is 0 Å². The van der Waals surface area contributed by atoms with Gasteiger partial charge >= 0.3 is 6.01 Å². The molecule has 19 heavy (non-hydrogen) atoms. The van der Waals surface area contributed by atoms with Crippen molar-refractivity contribution in [1.29, 1.82) is 0 Å². The van der Waals surface area contributed by atoms with E-state index in [2.05, 4.69) is 24.8 Å². The molecule has 0 aromatic carbocycles. The molecule has 0 radical (unpaired) electrons. The Hall–Kier alpha value is -1.67. The average molecular weight is 268 g/mol. The van der Waals surface area contributed by atoms with E-state index in [1.165, 1.54) is 0 Å². The highest BCUT2D eigenvalue weighted by molar-refractivity contribution is 5.36. The number of aliphatic hydroxyl groups is 1. The van der Waals surface area contributed by atoms with Gasteiger partial charge < -0.3 is 20.5 Å². The number of hydrogen-bond donors (Lipinski definition) is 2.